The van der Waals surface area contributed by atoms with Crippen LogP contribution in [-0.2, 0) is 41.7 Å². The van der Waals surface area contributed by atoms with Gasteiger partial charge in [0.05, 0.1) is 26.4 Å². The number of hydrogen-bond acceptors (Lipinski definition) is 6. The van der Waals surface area contributed by atoms with E-state index in [4.69, 9.17) is 41.7 Å². The van der Waals surface area contributed by atoms with Crippen LogP contribution in [0.3, 0.4) is 0 Å². The SMILES string of the molecule is CC1(C)COP(=S)(NCCNP2(=S)OCC(C)(C)CO2)OC1. The maximum absolute atomic E-state index is 5.71. The summed E-state index contributed by atoms with van der Waals surface area (Å²) in [6, 6.07) is 0. The van der Waals surface area contributed by atoms with Gasteiger partial charge in [0, 0.05) is 23.9 Å². The summed E-state index contributed by atoms with van der Waals surface area (Å²) >= 11 is 10.9. The molecule has 130 valence electrons. The normalized spacial score (nSPS) is 29.1. The molecule has 10 heteroatoms. The van der Waals surface area contributed by atoms with Crippen LogP contribution in [0.2, 0.25) is 0 Å². The van der Waals surface area contributed by atoms with Gasteiger partial charge in [0.1, 0.15) is 0 Å². The Hall–Kier alpha value is 1.06. The molecule has 0 bridgehead atoms. The van der Waals surface area contributed by atoms with Gasteiger partial charge in [-0.1, -0.05) is 27.7 Å². The number of rotatable bonds is 5. The van der Waals surface area contributed by atoms with E-state index in [2.05, 4.69) is 37.9 Å². The highest BCUT2D eigenvalue weighted by atomic mass is 32.5. The molecule has 0 unspecified atom stereocenters. The molecular formula is C12H26N2O4P2S2. The van der Waals surface area contributed by atoms with E-state index in [1.165, 1.54) is 0 Å². The summed E-state index contributed by atoms with van der Waals surface area (Å²) in [4.78, 5) is 0. The van der Waals surface area contributed by atoms with Crippen molar-refractivity contribution in [1.82, 2.24) is 10.2 Å². The Bertz CT molecular complexity index is 430. The molecule has 2 rings (SSSR count). The van der Waals surface area contributed by atoms with Crippen LogP contribution in [0.15, 0.2) is 0 Å². The molecule has 0 aromatic carbocycles. The number of nitrogens with one attached hydrogen (secondary N) is 2. The second-order valence-electron chi connectivity index (χ2n) is 7.23. The first kappa shape index (κ1) is 19.4. The molecule has 0 aromatic heterocycles. The molecule has 0 aromatic rings. The Balaban J connectivity index is 1.69. The van der Waals surface area contributed by atoms with Gasteiger partial charge in [-0.05, 0) is 23.6 Å². The molecule has 0 saturated carbocycles. The molecule has 0 amide bonds. The lowest BCUT2D eigenvalue weighted by atomic mass is 9.97. The molecule has 22 heavy (non-hydrogen) atoms. The Morgan fingerprint density at radius 3 is 1.27 bits per heavy atom. The first-order chi connectivity index (χ1) is 10.0. The van der Waals surface area contributed by atoms with E-state index < -0.39 is 13.3 Å². The first-order valence-electron chi connectivity index (χ1n) is 7.32. The third kappa shape index (κ3) is 5.85. The van der Waals surface area contributed by atoms with Crippen molar-refractivity contribution in [2.75, 3.05) is 39.5 Å². The van der Waals surface area contributed by atoms with Crippen molar-refractivity contribution < 1.29 is 18.1 Å². The predicted molar refractivity (Wildman–Crippen MR) is 95.9 cm³/mol. The summed E-state index contributed by atoms with van der Waals surface area (Å²) in [7, 11) is 0. The van der Waals surface area contributed by atoms with Gasteiger partial charge in [0.15, 0.2) is 0 Å². The fraction of sp³-hybridized carbons (Fsp3) is 1.00. The van der Waals surface area contributed by atoms with Gasteiger partial charge < -0.3 is 18.1 Å². The van der Waals surface area contributed by atoms with Crippen molar-refractivity contribution in [2.24, 2.45) is 10.8 Å². The van der Waals surface area contributed by atoms with Crippen LogP contribution in [0, 0.1) is 10.8 Å². The molecule has 0 atom stereocenters. The minimum Gasteiger partial charge on any atom is -0.317 e. The molecule has 0 radical (unpaired) electrons. The van der Waals surface area contributed by atoms with E-state index in [1.54, 1.807) is 0 Å². The maximum Gasteiger partial charge on any atom is 0.261 e. The van der Waals surface area contributed by atoms with Crippen molar-refractivity contribution in [3.05, 3.63) is 0 Å². The van der Waals surface area contributed by atoms with Gasteiger partial charge in [0.2, 0.25) is 0 Å². The Morgan fingerprint density at radius 2 is 1.00 bits per heavy atom. The van der Waals surface area contributed by atoms with Crippen LogP contribution in [0.4, 0.5) is 0 Å². The van der Waals surface area contributed by atoms with E-state index in [0.717, 1.165) is 0 Å². The summed E-state index contributed by atoms with van der Waals surface area (Å²) in [5.74, 6) is 0. The van der Waals surface area contributed by atoms with E-state index in [1.807, 2.05) is 0 Å². The Labute approximate surface area is 143 Å². The Morgan fingerprint density at radius 1 is 0.727 bits per heavy atom. The zero-order chi connectivity index (χ0) is 16.5. The van der Waals surface area contributed by atoms with Gasteiger partial charge in [-0.2, -0.15) is 0 Å². The fourth-order valence-corrected chi connectivity index (χ4v) is 6.31. The predicted octanol–water partition coefficient (Wildman–Crippen LogP) is 2.76. The van der Waals surface area contributed by atoms with Gasteiger partial charge in [-0.3, -0.25) is 0 Å². The van der Waals surface area contributed by atoms with Gasteiger partial charge in [-0.15, -0.1) is 0 Å². The minimum absolute atomic E-state index is 0.0228. The second kappa shape index (κ2) is 7.12. The molecule has 2 fully saturated rings. The summed E-state index contributed by atoms with van der Waals surface area (Å²) in [5, 5.41) is 6.38. The highest BCUT2D eigenvalue weighted by Gasteiger charge is 2.34. The first-order valence-corrected chi connectivity index (χ1v) is 12.6. The van der Waals surface area contributed by atoms with Crippen LogP contribution in [0.5, 0.6) is 0 Å². The lowest BCUT2D eigenvalue weighted by Gasteiger charge is -2.37. The van der Waals surface area contributed by atoms with Crippen molar-refractivity contribution >= 4 is 36.9 Å². The second-order valence-corrected chi connectivity index (χ2v) is 13.8. The summed E-state index contributed by atoms with van der Waals surface area (Å²) in [5.41, 5.74) is 0.0457. The van der Waals surface area contributed by atoms with Crippen LogP contribution in [0.1, 0.15) is 27.7 Å². The largest absolute Gasteiger partial charge is 0.317 e. The maximum atomic E-state index is 5.71. The van der Waals surface area contributed by atoms with Gasteiger partial charge >= 0.3 is 0 Å². The van der Waals surface area contributed by atoms with Crippen LogP contribution in [0.25, 0.3) is 0 Å². The monoisotopic (exact) mass is 388 g/mol. The molecule has 2 saturated heterocycles. The van der Waals surface area contributed by atoms with E-state index in [0.29, 0.717) is 39.5 Å². The highest BCUT2D eigenvalue weighted by Crippen LogP contribution is 2.51. The molecule has 0 aliphatic carbocycles. The van der Waals surface area contributed by atoms with Crippen LogP contribution in [-0.4, -0.2) is 39.5 Å². The lowest BCUT2D eigenvalue weighted by molar-refractivity contribution is 0.0553. The lowest BCUT2D eigenvalue weighted by Crippen LogP contribution is -2.36. The number of hydrogen-bond donors (Lipinski definition) is 2. The topological polar surface area (TPSA) is 61.0 Å². The highest BCUT2D eigenvalue weighted by molar-refractivity contribution is 8.09. The molecular weight excluding hydrogens is 362 g/mol. The van der Waals surface area contributed by atoms with Crippen molar-refractivity contribution in [2.45, 2.75) is 27.7 Å². The molecule has 2 N–H and O–H groups in total. The average Bonchev–Trinajstić information content (AvgIpc) is 2.43. The minimum atomic E-state index is -2.37. The zero-order valence-corrected chi connectivity index (χ0v) is 17.0. The summed E-state index contributed by atoms with van der Waals surface area (Å²) < 4.78 is 22.8. The molecule has 2 heterocycles. The van der Waals surface area contributed by atoms with Crippen LogP contribution < -0.4 is 10.2 Å². The van der Waals surface area contributed by atoms with E-state index in [-0.39, 0.29) is 10.8 Å². The zero-order valence-electron chi connectivity index (χ0n) is 13.6. The van der Waals surface area contributed by atoms with Crippen molar-refractivity contribution in [1.29, 1.82) is 0 Å². The molecule has 2 aliphatic heterocycles. The third-order valence-electron chi connectivity index (χ3n) is 3.24. The molecule has 6 nitrogen and oxygen atoms in total. The summed E-state index contributed by atoms with van der Waals surface area (Å²) in [6.45, 7) is 7.32. The molecule has 2 aliphatic rings. The average molecular weight is 388 g/mol. The summed E-state index contributed by atoms with van der Waals surface area (Å²) in [6.07, 6.45) is 0. The van der Waals surface area contributed by atoms with E-state index >= 15 is 0 Å². The van der Waals surface area contributed by atoms with Crippen molar-refractivity contribution in [3.8, 4) is 0 Å². The Kier molecular flexibility index (Phi) is 6.28. The third-order valence-corrected chi connectivity index (χ3v) is 8.37. The molecule has 0 spiro atoms. The quantitative estimate of drug-likeness (QED) is 0.551. The van der Waals surface area contributed by atoms with Crippen molar-refractivity contribution in [3.63, 3.8) is 0 Å². The van der Waals surface area contributed by atoms with Crippen LogP contribution >= 0.6 is 13.3 Å². The van der Waals surface area contributed by atoms with Gasteiger partial charge in [0.25, 0.3) is 13.3 Å². The smallest absolute Gasteiger partial charge is 0.261 e. The fourth-order valence-electron chi connectivity index (χ4n) is 1.76. The van der Waals surface area contributed by atoms with E-state index in [9.17, 15) is 0 Å². The standard InChI is InChI=1S/C12H26N2O4P2S2/c1-11(2)7-15-19(21,16-8-11)13-5-6-14-20(22)17-9-12(3,4)10-18-20/h5-10H2,1-4H3,(H,13,21)(H,14,22). The van der Waals surface area contributed by atoms with Gasteiger partial charge in [-0.25, -0.2) is 10.2 Å².